The number of benzene rings is 1. The van der Waals surface area contributed by atoms with Crippen molar-refractivity contribution >= 4 is 22.8 Å². The molecule has 114 valence electrons. The zero-order valence-corrected chi connectivity index (χ0v) is 12.7. The Hall–Kier alpha value is -2.08. The lowest BCUT2D eigenvalue weighted by atomic mass is 9.93. The zero-order valence-electron chi connectivity index (χ0n) is 12.7. The van der Waals surface area contributed by atoms with Crippen LogP contribution in [0, 0.1) is 12.8 Å². The number of amides is 2. The van der Waals surface area contributed by atoms with Crippen LogP contribution in [0.5, 0.6) is 0 Å². The van der Waals surface area contributed by atoms with Crippen LogP contribution in [0.1, 0.15) is 26.7 Å². The molecule has 3 N–H and O–H groups in total. The van der Waals surface area contributed by atoms with Gasteiger partial charge in [-0.15, -0.1) is 0 Å². The maximum Gasteiger partial charge on any atom is 0.319 e. The quantitative estimate of drug-likeness (QED) is 0.808. The van der Waals surface area contributed by atoms with Crippen LogP contribution < -0.4 is 10.6 Å². The lowest BCUT2D eigenvalue weighted by molar-refractivity contribution is 0.0170. The Morgan fingerprint density at radius 3 is 2.86 bits per heavy atom. The Morgan fingerprint density at radius 1 is 1.48 bits per heavy atom. The lowest BCUT2D eigenvalue weighted by Crippen LogP contribution is -2.45. The molecule has 0 spiro atoms. The molecule has 6 nitrogen and oxygen atoms in total. The molecule has 2 aromatic rings. The Kier molecular flexibility index (Phi) is 4.18. The van der Waals surface area contributed by atoms with Gasteiger partial charge in [0.05, 0.1) is 5.60 Å². The van der Waals surface area contributed by atoms with Crippen molar-refractivity contribution < 1.29 is 14.3 Å². The van der Waals surface area contributed by atoms with E-state index in [0.29, 0.717) is 17.2 Å². The summed E-state index contributed by atoms with van der Waals surface area (Å²) < 4.78 is 5.41. The van der Waals surface area contributed by atoms with Crippen molar-refractivity contribution in [3.05, 3.63) is 24.1 Å². The standard InChI is InChI=1S/C15H21N3O3/c1-9(2)15(4,20)8-16-14(19)18-11-5-6-12-13(7-11)21-10(3)17-12/h5-7,9,20H,8H2,1-4H3,(H2,16,18,19). The highest BCUT2D eigenvalue weighted by atomic mass is 16.3. The van der Waals surface area contributed by atoms with E-state index in [1.54, 1.807) is 32.0 Å². The number of anilines is 1. The van der Waals surface area contributed by atoms with E-state index in [4.69, 9.17) is 4.42 Å². The molecule has 1 aromatic heterocycles. The number of carbonyl (C=O) groups excluding carboxylic acids is 1. The van der Waals surface area contributed by atoms with E-state index in [1.807, 2.05) is 13.8 Å². The summed E-state index contributed by atoms with van der Waals surface area (Å²) >= 11 is 0. The van der Waals surface area contributed by atoms with Crippen LogP contribution in [0.25, 0.3) is 11.1 Å². The highest BCUT2D eigenvalue weighted by Crippen LogP contribution is 2.20. The summed E-state index contributed by atoms with van der Waals surface area (Å²) in [5, 5.41) is 15.5. The molecule has 6 heteroatoms. The monoisotopic (exact) mass is 291 g/mol. The van der Waals surface area contributed by atoms with E-state index in [0.717, 1.165) is 5.52 Å². The van der Waals surface area contributed by atoms with Gasteiger partial charge in [-0.25, -0.2) is 9.78 Å². The average Bonchev–Trinajstić information content (AvgIpc) is 2.75. The first-order chi connectivity index (χ1) is 9.78. The molecule has 1 atom stereocenters. The van der Waals surface area contributed by atoms with Crippen LogP contribution >= 0.6 is 0 Å². The van der Waals surface area contributed by atoms with Crippen molar-refractivity contribution in [3.63, 3.8) is 0 Å². The molecule has 0 aliphatic rings. The summed E-state index contributed by atoms with van der Waals surface area (Å²) in [6.07, 6.45) is 0. The number of hydrogen-bond donors (Lipinski definition) is 3. The normalized spacial score (nSPS) is 14.2. The molecular formula is C15H21N3O3. The summed E-state index contributed by atoms with van der Waals surface area (Å²) in [6.45, 7) is 7.45. The highest BCUT2D eigenvalue weighted by Gasteiger charge is 2.25. The van der Waals surface area contributed by atoms with E-state index in [-0.39, 0.29) is 18.5 Å². The number of nitrogens with zero attached hydrogens (tertiary/aromatic N) is 1. The molecule has 1 aromatic carbocycles. The molecule has 1 unspecified atom stereocenters. The number of urea groups is 1. The number of hydrogen-bond acceptors (Lipinski definition) is 4. The summed E-state index contributed by atoms with van der Waals surface area (Å²) in [5.41, 5.74) is 1.05. The number of carbonyl (C=O) groups is 1. The van der Waals surface area contributed by atoms with Crippen molar-refractivity contribution in [1.29, 1.82) is 0 Å². The largest absolute Gasteiger partial charge is 0.441 e. The SMILES string of the molecule is Cc1nc2ccc(NC(=O)NCC(C)(O)C(C)C)cc2o1. The van der Waals surface area contributed by atoms with E-state index in [2.05, 4.69) is 15.6 Å². The highest BCUT2D eigenvalue weighted by molar-refractivity contribution is 5.91. The second-order valence-electron chi connectivity index (χ2n) is 5.73. The smallest absolute Gasteiger partial charge is 0.319 e. The predicted octanol–water partition coefficient (Wildman–Crippen LogP) is 2.66. The third kappa shape index (κ3) is 3.72. The molecule has 0 saturated carbocycles. The van der Waals surface area contributed by atoms with Gasteiger partial charge in [0.2, 0.25) is 0 Å². The number of aryl methyl sites for hydroxylation is 1. The van der Waals surface area contributed by atoms with E-state index in [9.17, 15) is 9.90 Å². The van der Waals surface area contributed by atoms with Crippen LogP contribution in [0.4, 0.5) is 10.5 Å². The van der Waals surface area contributed by atoms with Crippen molar-refractivity contribution in [1.82, 2.24) is 10.3 Å². The first-order valence-electron chi connectivity index (χ1n) is 6.92. The number of nitrogens with one attached hydrogen (secondary N) is 2. The topological polar surface area (TPSA) is 87.4 Å². The lowest BCUT2D eigenvalue weighted by Gasteiger charge is -2.27. The fourth-order valence-electron chi connectivity index (χ4n) is 1.76. The first kappa shape index (κ1) is 15.3. The Labute approximate surface area is 123 Å². The van der Waals surface area contributed by atoms with Gasteiger partial charge in [0.25, 0.3) is 0 Å². The van der Waals surface area contributed by atoms with E-state index < -0.39 is 5.60 Å². The maximum absolute atomic E-state index is 11.8. The zero-order chi connectivity index (χ0) is 15.6. The fourth-order valence-corrected chi connectivity index (χ4v) is 1.76. The predicted molar refractivity (Wildman–Crippen MR) is 81.2 cm³/mol. The number of rotatable bonds is 4. The molecular weight excluding hydrogens is 270 g/mol. The second-order valence-corrected chi connectivity index (χ2v) is 5.73. The van der Waals surface area contributed by atoms with Gasteiger partial charge in [-0.05, 0) is 25.0 Å². The molecule has 0 bridgehead atoms. The molecule has 1 heterocycles. The fraction of sp³-hybridized carbons (Fsp3) is 0.467. The summed E-state index contributed by atoms with van der Waals surface area (Å²) in [5.74, 6) is 0.630. The summed E-state index contributed by atoms with van der Waals surface area (Å²) in [4.78, 5) is 16.0. The molecule has 21 heavy (non-hydrogen) atoms. The minimum absolute atomic E-state index is 0.0475. The molecule has 0 radical (unpaired) electrons. The van der Waals surface area contributed by atoms with Gasteiger partial charge < -0.3 is 20.2 Å². The maximum atomic E-state index is 11.8. The van der Waals surface area contributed by atoms with Crippen molar-refractivity contribution in [2.75, 3.05) is 11.9 Å². The Balaban J connectivity index is 1.98. The van der Waals surface area contributed by atoms with E-state index >= 15 is 0 Å². The van der Waals surface area contributed by atoms with Gasteiger partial charge in [0, 0.05) is 25.2 Å². The molecule has 0 aliphatic carbocycles. The van der Waals surface area contributed by atoms with Crippen molar-refractivity contribution in [3.8, 4) is 0 Å². The van der Waals surface area contributed by atoms with Crippen molar-refractivity contribution in [2.45, 2.75) is 33.3 Å². The van der Waals surface area contributed by atoms with E-state index in [1.165, 1.54) is 0 Å². The molecule has 2 rings (SSSR count). The average molecular weight is 291 g/mol. The van der Waals surface area contributed by atoms with Gasteiger partial charge in [-0.3, -0.25) is 0 Å². The van der Waals surface area contributed by atoms with Gasteiger partial charge in [-0.1, -0.05) is 13.8 Å². The minimum atomic E-state index is -0.941. The molecule has 0 fully saturated rings. The summed E-state index contributed by atoms with van der Waals surface area (Å²) in [7, 11) is 0. The Bertz CT molecular complexity index is 647. The van der Waals surface area contributed by atoms with Gasteiger partial charge >= 0.3 is 6.03 Å². The van der Waals surface area contributed by atoms with Crippen LogP contribution in [0.2, 0.25) is 0 Å². The van der Waals surface area contributed by atoms with Gasteiger partial charge in [0.1, 0.15) is 5.52 Å². The van der Waals surface area contributed by atoms with Crippen LogP contribution in [0.3, 0.4) is 0 Å². The minimum Gasteiger partial charge on any atom is -0.441 e. The first-order valence-corrected chi connectivity index (χ1v) is 6.92. The number of aromatic nitrogens is 1. The van der Waals surface area contributed by atoms with Crippen LogP contribution in [-0.4, -0.2) is 28.3 Å². The van der Waals surface area contributed by atoms with Gasteiger partial charge in [-0.2, -0.15) is 0 Å². The Morgan fingerprint density at radius 2 is 2.19 bits per heavy atom. The molecule has 0 saturated heterocycles. The second kappa shape index (κ2) is 5.73. The molecule has 0 aliphatic heterocycles. The third-order valence-corrected chi connectivity index (χ3v) is 3.60. The van der Waals surface area contributed by atoms with Gasteiger partial charge in [0.15, 0.2) is 11.5 Å². The number of fused-ring (bicyclic) bond motifs is 1. The molecule has 2 amide bonds. The number of aliphatic hydroxyl groups is 1. The third-order valence-electron chi connectivity index (χ3n) is 3.60. The summed E-state index contributed by atoms with van der Waals surface area (Å²) in [6, 6.07) is 4.89. The van der Waals surface area contributed by atoms with Crippen molar-refractivity contribution in [2.24, 2.45) is 5.92 Å². The van der Waals surface area contributed by atoms with Crippen LogP contribution in [-0.2, 0) is 0 Å². The van der Waals surface area contributed by atoms with Crippen LogP contribution in [0.15, 0.2) is 22.6 Å². The number of oxazole rings is 1.